The zero-order valence-electron chi connectivity index (χ0n) is 15.4. The predicted molar refractivity (Wildman–Crippen MR) is 100 cm³/mol. The lowest BCUT2D eigenvalue weighted by molar-refractivity contribution is 0.308. The molecule has 2 heterocycles. The molecule has 1 N–H and O–H groups in total. The number of benzene rings is 1. The highest BCUT2D eigenvalue weighted by atomic mass is 15.3. The highest BCUT2D eigenvalue weighted by Gasteiger charge is 2.34. The molecule has 3 rings (SSSR count). The summed E-state index contributed by atoms with van der Waals surface area (Å²) in [6.45, 7) is 5.12. The highest BCUT2D eigenvalue weighted by Crippen LogP contribution is 2.34. The molecule has 0 saturated carbocycles. The van der Waals surface area contributed by atoms with Crippen LogP contribution in [0.1, 0.15) is 31.2 Å². The minimum atomic E-state index is 0.332. The van der Waals surface area contributed by atoms with Gasteiger partial charge in [0, 0.05) is 27.2 Å². The zero-order valence-corrected chi connectivity index (χ0v) is 15.4. The van der Waals surface area contributed by atoms with E-state index in [-0.39, 0.29) is 0 Å². The van der Waals surface area contributed by atoms with E-state index in [2.05, 4.69) is 62.5 Å². The first-order valence-electron chi connectivity index (χ1n) is 8.92. The van der Waals surface area contributed by atoms with Crippen LogP contribution in [0.4, 0.5) is 0 Å². The van der Waals surface area contributed by atoms with E-state index in [1.165, 1.54) is 18.4 Å². The van der Waals surface area contributed by atoms with Crippen LogP contribution in [-0.4, -0.2) is 45.8 Å². The summed E-state index contributed by atoms with van der Waals surface area (Å²) in [5, 5.41) is 7.52. The standard InChI is InChI=1S/C19H28N6/c1-19(10-9-16-7-5-4-6-8-16)11-12-25(14-19)18(20-2)21-13-17-22-15-23-24(17)3/h4-8,15H,9-14H2,1-3H3,(H,20,21)/t19-/m0/s1. The van der Waals surface area contributed by atoms with Crippen molar-refractivity contribution in [3.63, 3.8) is 0 Å². The first kappa shape index (κ1) is 17.5. The van der Waals surface area contributed by atoms with E-state index in [0.717, 1.165) is 31.3 Å². The van der Waals surface area contributed by atoms with E-state index in [1.807, 2.05) is 14.1 Å². The normalized spacial score (nSPS) is 20.9. The van der Waals surface area contributed by atoms with Gasteiger partial charge in [0.15, 0.2) is 5.96 Å². The molecule has 0 bridgehead atoms. The maximum Gasteiger partial charge on any atom is 0.194 e. The summed E-state index contributed by atoms with van der Waals surface area (Å²) in [4.78, 5) is 11.1. The van der Waals surface area contributed by atoms with Gasteiger partial charge in [0.1, 0.15) is 12.2 Å². The van der Waals surface area contributed by atoms with Crippen molar-refractivity contribution in [2.75, 3.05) is 20.1 Å². The first-order valence-corrected chi connectivity index (χ1v) is 8.92. The van der Waals surface area contributed by atoms with Gasteiger partial charge in [-0.15, -0.1) is 0 Å². The van der Waals surface area contributed by atoms with Crippen LogP contribution in [-0.2, 0) is 20.0 Å². The lowest BCUT2D eigenvalue weighted by atomic mass is 9.83. The molecule has 0 unspecified atom stereocenters. The number of aliphatic imine (C=N–C) groups is 1. The number of aryl methyl sites for hydroxylation is 2. The number of hydrogen-bond acceptors (Lipinski definition) is 3. The fraction of sp³-hybridized carbons (Fsp3) is 0.526. The van der Waals surface area contributed by atoms with Crippen molar-refractivity contribution in [1.29, 1.82) is 0 Å². The van der Waals surface area contributed by atoms with E-state index in [0.29, 0.717) is 12.0 Å². The van der Waals surface area contributed by atoms with Crippen molar-refractivity contribution in [3.8, 4) is 0 Å². The smallest absolute Gasteiger partial charge is 0.194 e. The van der Waals surface area contributed by atoms with Gasteiger partial charge in [-0.25, -0.2) is 4.98 Å². The molecular weight excluding hydrogens is 312 g/mol. The van der Waals surface area contributed by atoms with Crippen LogP contribution < -0.4 is 5.32 Å². The van der Waals surface area contributed by atoms with Gasteiger partial charge >= 0.3 is 0 Å². The number of likely N-dealkylation sites (tertiary alicyclic amines) is 1. The number of rotatable bonds is 5. The Morgan fingerprint density at radius 1 is 1.32 bits per heavy atom. The summed E-state index contributed by atoms with van der Waals surface area (Å²) in [6.07, 6.45) is 5.12. The van der Waals surface area contributed by atoms with Gasteiger partial charge in [-0.05, 0) is 30.2 Å². The second kappa shape index (κ2) is 7.68. The highest BCUT2D eigenvalue weighted by molar-refractivity contribution is 5.80. The third kappa shape index (κ3) is 4.38. The average Bonchev–Trinajstić information content (AvgIpc) is 3.22. The monoisotopic (exact) mass is 340 g/mol. The topological polar surface area (TPSA) is 58.3 Å². The Bertz CT molecular complexity index is 708. The summed E-state index contributed by atoms with van der Waals surface area (Å²) < 4.78 is 1.79. The Morgan fingerprint density at radius 2 is 2.12 bits per heavy atom. The molecule has 1 saturated heterocycles. The van der Waals surface area contributed by atoms with Crippen LogP contribution >= 0.6 is 0 Å². The molecule has 6 nitrogen and oxygen atoms in total. The fourth-order valence-corrected chi connectivity index (χ4v) is 3.47. The Labute approximate surface area is 150 Å². The van der Waals surface area contributed by atoms with E-state index >= 15 is 0 Å². The molecule has 1 aromatic heterocycles. The minimum Gasteiger partial charge on any atom is -0.349 e. The second-order valence-electron chi connectivity index (χ2n) is 7.17. The summed E-state index contributed by atoms with van der Waals surface area (Å²) >= 11 is 0. The lowest BCUT2D eigenvalue weighted by Gasteiger charge is -2.26. The Morgan fingerprint density at radius 3 is 2.80 bits per heavy atom. The predicted octanol–water partition coefficient (Wildman–Crippen LogP) is 2.24. The quantitative estimate of drug-likeness (QED) is 0.670. The molecule has 1 aromatic carbocycles. The summed E-state index contributed by atoms with van der Waals surface area (Å²) in [5.41, 5.74) is 1.75. The average molecular weight is 340 g/mol. The van der Waals surface area contributed by atoms with Gasteiger partial charge in [0.25, 0.3) is 0 Å². The number of guanidine groups is 1. The third-order valence-corrected chi connectivity index (χ3v) is 5.14. The van der Waals surface area contributed by atoms with Gasteiger partial charge in [-0.3, -0.25) is 9.67 Å². The van der Waals surface area contributed by atoms with Crippen molar-refractivity contribution in [2.24, 2.45) is 17.5 Å². The molecule has 1 aliphatic rings. The third-order valence-electron chi connectivity index (χ3n) is 5.14. The molecule has 134 valence electrons. The molecule has 0 aliphatic carbocycles. The molecule has 0 amide bonds. The number of nitrogens with zero attached hydrogens (tertiary/aromatic N) is 5. The maximum absolute atomic E-state index is 4.46. The van der Waals surface area contributed by atoms with Gasteiger partial charge in [0.2, 0.25) is 0 Å². The first-order chi connectivity index (χ1) is 12.1. The fourth-order valence-electron chi connectivity index (χ4n) is 3.47. The minimum absolute atomic E-state index is 0.332. The Hall–Kier alpha value is -2.37. The van der Waals surface area contributed by atoms with E-state index in [9.17, 15) is 0 Å². The van der Waals surface area contributed by atoms with Gasteiger partial charge < -0.3 is 10.2 Å². The van der Waals surface area contributed by atoms with Crippen molar-refractivity contribution < 1.29 is 0 Å². The summed E-state index contributed by atoms with van der Waals surface area (Å²) in [5.74, 6) is 1.86. The molecule has 25 heavy (non-hydrogen) atoms. The van der Waals surface area contributed by atoms with Crippen molar-refractivity contribution in [3.05, 3.63) is 48.0 Å². The molecule has 2 aromatic rings. The second-order valence-corrected chi connectivity index (χ2v) is 7.17. The Balaban J connectivity index is 1.54. The van der Waals surface area contributed by atoms with E-state index < -0.39 is 0 Å². The van der Waals surface area contributed by atoms with Gasteiger partial charge in [0.05, 0.1) is 6.54 Å². The van der Waals surface area contributed by atoms with Crippen molar-refractivity contribution in [1.82, 2.24) is 25.0 Å². The van der Waals surface area contributed by atoms with Crippen molar-refractivity contribution >= 4 is 5.96 Å². The molecule has 0 spiro atoms. The molecular formula is C19H28N6. The zero-order chi connectivity index (χ0) is 17.7. The van der Waals surface area contributed by atoms with Crippen LogP contribution in [0, 0.1) is 5.41 Å². The molecule has 0 radical (unpaired) electrons. The SMILES string of the molecule is CN=C(NCc1ncnn1C)N1CC[C@](C)(CCc2ccccc2)C1. The van der Waals surface area contributed by atoms with Gasteiger partial charge in [-0.2, -0.15) is 5.10 Å². The number of nitrogens with one attached hydrogen (secondary N) is 1. The summed E-state index contributed by atoms with van der Waals surface area (Å²) in [7, 11) is 3.75. The Kier molecular flexibility index (Phi) is 5.36. The van der Waals surface area contributed by atoms with Crippen LogP contribution in [0.15, 0.2) is 41.7 Å². The van der Waals surface area contributed by atoms with Gasteiger partial charge in [-0.1, -0.05) is 37.3 Å². The van der Waals surface area contributed by atoms with Crippen LogP contribution in [0.3, 0.4) is 0 Å². The summed E-state index contributed by atoms with van der Waals surface area (Å²) in [6, 6.07) is 10.8. The molecule has 1 fully saturated rings. The maximum atomic E-state index is 4.46. The lowest BCUT2D eigenvalue weighted by Crippen LogP contribution is -2.41. The number of hydrogen-bond donors (Lipinski definition) is 1. The van der Waals surface area contributed by atoms with Crippen LogP contribution in [0.25, 0.3) is 0 Å². The molecule has 6 heteroatoms. The number of aromatic nitrogens is 3. The van der Waals surface area contributed by atoms with Crippen LogP contribution in [0.5, 0.6) is 0 Å². The van der Waals surface area contributed by atoms with E-state index in [1.54, 1.807) is 11.0 Å². The molecule has 1 aliphatic heterocycles. The van der Waals surface area contributed by atoms with Crippen LogP contribution in [0.2, 0.25) is 0 Å². The van der Waals surface area contributed by atoms with E-state index in [4.69, 9.17) is 0 Å². The largest absolute Gasteiger partial charge is 0.349 e. The van der Waals surface area contributed by atoms with Crippen molar-refractivity contribution in [2.45, 2.75) is 32.7 Å². The molecule has 1 atom stereocenters.